The molecule has 1 fully saturated rings. The summed E-state index contributed by atoms with van der Waals surface area (Å²) in [6.45, 7) is 0. The van der Waals surface area contributed by atoms with E-state index in [1.165, 1.54) is 17.7 Å². The molecule has 1 atom stereocenters. The van der Waals surface area contributed by atoms with E-state index in [-0.39, 0.29) is 0 Å². The zero-order chi connectivity index (χ0) is 16.1. The Bertz CT molecular complexity index is 999. The van der Waals surface area contributed by atoms with Crippen molar-refractivity contribution < 1.29 is 5.11 Å². The molecule has 0 radical (unpaired) electrons. The fourth-order valence-corrected chi connectivity index (χ4v) is 4.25. The third-order valence-corrected chi connectivity index (χ3v) is 5.59. The summed E-state index contributed by atoms with van der Waals surface area (Å²) in [6, 6.07) is 9.70. The molecule has 0 amide bonds. The Balaban J connectivity index is 1.57. The van der Waals surface area contributed by atoms with E-state index in [4.69, 9.17) is 0 Å². The van der Waals surface area contributed by atoms with Crippen molar-refractivity contribution in [1.82, 2.24) is 24.4 Å². The summed E-state index contributed by atoms with van der Waals surface area (Å²) in [5, 5.41) is 19.7. The summed E-state index contributed by atoms with van der Waals surface area (Å²) in [7, 11) is 0. The number of imidazole rings is 1. The molecule has 1 aromatic carbocycles. The summed E-state index contributed by atoms with van der Waals surface area (Å²) < 4.78 is 1.98. The van der Waals surface area contributed by atoms with Gasteiger partial charge in [-0.1, -0.05) is 18.2 Å². The van der Waals surface area contributed by atoms with Crippen molar-refractivity contribution in [1.29, 1.82) is 0 Å². The summed E-state index contributed by atoms with van der Waals surface area (Å²) >= 11 is 1.71. The van der Waals surface area contributed by atoms with Crippen molar-refractivity contribution in [3.63, 3.8) is 0 Å². The van der Waals surface area contributed by atoms with Gasteiger partial charge in [0.2, 0.25) is 0 Å². The van der Waals surface area contributed by atoms with Gasteiger partial charge in [-0.3, -0.25) is 4.40 Å². The highest BCUT2D eigenvalue weighted by atomic mass is 32.1. The molecule has 0 spiro atoms. The largest absolute Gasteiger partial charge is 0.380 e. The van der Waals surface area contributed by atoms with Crippen LogP contribution in [0.15, 0.2) is 49.1 Å². The van der Waals surface area contributed by atoms with Gasteiger partial charge in [-0.2, -0.15) is 15.0 Å². The summed E-state index contributed by atoms with van der Waals surface area (Å²) in [5.41, 5.74) is 2.31. The average Bonchev–Trinajstić information content (AvgIpc) is 3.04. The van der Waals surface area contributed by atoms with Crippen LogP contribution in [0.5, 0.6) is 0 Å². The van der Waals surface area contributed by atoms with Gasteiger partial charge in [0.05, 0.1) is 23.8 Å². The van der Waals surface area contributed by atoms with Gasteiger partial charge in [-0.25, -0.2) is 4.98 Å². The zero-order valence-corrected chi connectivity index (χ0v) is 13.6. The standard InChI is InChI=1S/C17H15N5OS/c23-16(13-8-19-22(20-13)12-4-2-1-3-5-12)15-17(11-6-7-11)24-14-9-18-10-21(14)15/h1-5,8-11,16,23H,6-7H2. The van der Waals surface area contributed by atoms with Crippen molar-refractivity contribution in [2.75, 3.05) is 0 Å². The van der Waals surface area contributed by atoms with Crippen LogP contribution in [0.25, 0.3) is 10.5 Å². The van der Waals surface area contributed by atoms with Crippen molar-refractivity contribution in [3.8, 4) is 5.69 Å². The number of aliphatic hydroxyl groups excluding tert-OH is 1. The molecule has 3 aromatic heterocycles. The van der Waals surface area contributed by atoms with E-state index in [9.17, 15) is 5.11 Å². The molecule has 1 aliphatic rings. The first-order valence-electron chi connectivity index (χ1n) is 7.91. The van der Waals surface area contributed by atoms with E-state index in [0.29, 0.717) is 11.6 Å². The Kier molecular flexibility index (Phi) is 3.04. The molecule has 7 heteroatoms. The molecular weight excluding hydrogens is 322 g/mol. The molecule has 120 valence electrons. The number of aromatic nitrogens is 5. The maximum absolute atomic E-state index is 11.0. The Labute approximate surface area is 142 Å². The maximum Gasteiger partial charge on any atom is 0.141 e. The number of rotatable bonds is 4. The second-order valence-corrected chi connectivity index (χ2v) is 7.09. The first-order valence-corrected chi connectivity index (χ1v) is 8.73. The van der Waals surface area contributed by atoms with Crippen LogP contribution >= 0.6 is 11.3 Å². The van der Waals surface area contributed by atoms with Gasteiger partial charge >= 0.3 is 0 Å². The van der Waals surface area contributed by atoms with E-state index < -0.39 is 6.10 Å². The molecule has 6 nitrogen and oxygen atoms in total. The van der Waals surface area contributed by atoms with Crippen LogP contribution in [0.1, 0.15) is 41.1 Å². The monoisotopic (exact) mass is 337 g/mol. The summed E-state index contributed by atoms with van der Waals surface area (Å²) in [6.07, 6.45) is 6.81. The highest BCUT2D eigenvalue weighted by Crippen LogP contribution is 2.47. The number of aliphatic hydroxyl groups is 1. The van der Waals surface area contributed by atoms with Gasteiger partial charge in [-0.15, -0.1) is 11.3 Å². The normalized spacial score (nSPS) is 15.9. The number of benzene rings is 1. The fourth-order valence-electron chi connectivity index (χ4n) is 2.95. The Morgan fingerprint density at radius 2 is 2.00 bits per heavy atom. The molecule has 24 heavy (non-hydrogen) atoms. The topological polar surface area (TPSA) is 68.2 Å². The molecule has 4 aromatic rings. The molecule has 1 unspecified atom stereocenters. The lowest BCUT2D eigenvalue weighted by atomic mass is 10.1. The van der Waals surface area contributed by atoms with E-state index >= 15 is 0 Å². The molecule has 1 saturated carbocycles. The first-order chi connectivity index (χ1) is 11.8. The lowest BCUT2D eigenvalue weighted by Crippen LogP contribution is -2.07. The molecule has 3 heterocycles. The number of hydrogen-bond donors (Lipinski definition) is 1. The van der Waals surface area contributed by atoms with Crippen molar-refractivity contribution in [3.05, 3.63) is 65.3 Å². The lowest BCUT2D eigenvalue weighted by Gasteiger charge is -2.09. The van der Waals surface area contributed by atoms with Crippen LogP contribution in [0.3, 0.4) is 0 Å². The number of fused-ring (bicyclic) bond motifs is 1. The SMILES string of the molecule is OC(c1cnn(-c2ccccc2)n1)c1c(C2CC2)sc2cncn12. The minimum Gasteiger partial charge on any atom is -0.380 e. The summed E-state index contributed by atoms with van der Waals surface area (Å²) in [5.74, 6) is 0.559. The summed E-state index contributed by atoms with van der Waals surface area (Å²) in [4.78, 5) is 8.04. The predicted molar refractivity (Wildman–Crippen MR) is 90.5 cm³/mol. The highest BCUT2D eigenvalue weighted by Gasteiger charge is 2.33. The average molecular weight is 337 g/mol. The van der Waals surface area contributed by atoms with Crippen LogP contribution < -0.4 is 0 Å². The van der Waals surface area contributed by atoms with Crippen molar-refractivity contribution in [2.45, 2.75) is 24.9 Å². The Hall–Kier alpha value is -2.51. The van der Waals surface area contributed by atoms with Crippen LogP contribution in [0, 0.1) is 0 Å². The molecule has 5 rings (SSSR count). The molecule has 1 N–H and O–H groups in total. The number of para-hydroxylation sites is 1. The molecule has 1 aliphatic carbocycles. The van der Waals surface area contributed by atoms with Crippen LogP contribution in [0.2, 0.25) is 0 Å². The van der Waals surface area contributed by atoms with Gasteiger partial charge in [0.1, 0.15) is 23.0 Å². The number of thiazole rings is 1. The van der Waals surface area contributed by atoms with Gasteiger partial charge in [0, 0.05) is 4.88 Å². The Morgan fingerprint density at radius 1 is 1.17 bits per heavy atom. The van der Waals surface area contributed by atoms with Crippen LogP contribution in [-0.2, 0) is 0 Å². The first kappa shape index (κ1) is 13.9. The third-order valence-electron chi connectivity index (χ3n) is 4.32. The molecule has 0 aliphatic heterocycles. The van der Waals surface area contributed by atoms with Gasteiger partial charge in [0.15, 0.2) is 0 Å². The van der Waals surface area contributed by atoms with Crippen LogP contribution in [-0.4, -0.2) is 29.5 Å². The van der Waals surface area contributed by atoms with Gasteiger partial charge in [-0.05, 0) is 30.9 Å². The quantitative estimate of drug-likeness (QED) is 0.622. The van der Waals surface area contributed by atoms with E-state index in [1.54, 1.807) is 28.7 Å². The van der Waals surface area contributed by atoms with Gasteiger partial charge < -0.3 is 5.11 Å². The number of nitrogens with zero attached hydrogens (tertiary/aromatic N) is 5. The smallest absolute Gasteiger partial charge is 0.141 e. The third kappa shape index (κ3) is 2.16. The molecule has 0 saturated heterocycles. The minimum atomic E-state index is -0.805. The lowest BCUT2D eigenvalue weighted by molar-refractivity contribution is 0.208. The van der Waals surface area contributed by atoms with E-state index in [0.717, 1.165) is 16.2 Å². The zero-order valence-electron chi connectivity index (χ0n) is 12.8. The number of hydrogen-bond acceptors (Lipinski definition) is 5. The van der Waals surface area contributed by atoms with Crippen LogP contribution in [0.4, 0.5) is 0 Å². The fraction of sp³-hybridized carbons (Fsp3) is 0.235. The second-order valence-electron chi connectivity index (χ2n) is 6.02. The molecule has 0 bridgehead atoms. The maximum atomic E-state index is 11.0. The van der Waals surface area contributed by atoms with E-state index in [1.807, 2.05) is 40.9 Å². The minimum absolute atomic E-state index is 0.550. The van der Waals surface area contributed by atoms with Crippen molar-refractivity contribution in [2.24, 2.45) is 0 Å². The van der Waals surface area contributed by atoms with Gasteiger partial charge in [0.25, 0.3) is 0 Å². The highest BCUT2D eigenvalue weighted by molar-refractivity contribution is 7.17. The predicted octanol–water partition coefficient (Wildman–Crippen LogP) is 2.94. The molecular formula is C17H15N5OS. The van der Waals surface area contributed by atoms with Crippen molar-refractivity contribution >= 4 is 16.2 Å². The van der Waals surface area contributed by atoms with E-state index in [2.05, 4.69) is 15.2 Å². The second kappa shape index (κ2) is 5.25. The Morgan fingerprint density at radius 3 is 2.79 bits per heavy atom.